The zero-order chi connectivity index (χ0) is 17.3. The molecule has 3 rings (SSSR count). The van der Waals surface area contributed by atoms with Gasteiger partial charge in [-0.05, 0) is 18.1 Å². The molecular weight excluding hydrogens is 321 g/mol. The topological polar surface area (TPSA) is 52.2 Å². The summed E-state index contributed by atoms with van der Waals surface area (Å²) in [5, 5.41) is 7.84. The van der Waals surface area contributed by atoms with Crippen LogP contribution in [0, 0.1) is 0 Å². The summed E-state index contributed by atoms with van der Waals surface area (Å²) in [5.74, 6) is 0.660. The molecule has 0 unspecified atom stereocenters. The zero-order valence-corrected chi connectivity index (χ0v) is 12.9. The van der Waals surface area contributed by atoms with E-state index in [9.17, 15) is 18.0 Å². The molecule has 5 nitrogen and oxygen atoms in total. The zero-order valence-electron chi connectivity index (χ0n) is 12.9. The molecule has 126 valence electrons. The van der Waals surface area contributed by atoms with E-state index in [2.05, 4.69) is 10.2 Å². The van der Waals surface area contributed by atoms with Gasteiger partial charge in [-0.2, -0.15) is 13.2 Å². The Morgan fingerprint density at radius 2 is 1.88 bits per heavy atom. The highest BCUT2D eigenvalue weighted by Crippen LogP contribution is 2.32. The molecule has 0 saturated heterocycles. The van der Waals surface area contributed by atoms with Gasteiger partial charge in [-0.1, -0.05) is 25.1 Å². The predicted octanol–water partition coefficient (Wildman–Crippen LogP) is 2.91. The summed E-state index contributed by atoms with van der Waals surface area (Å²) < 4.78 is 42.0. The maximum absolute atomic E-state index is 13.1. The first kappa shape index (κ1) is 16.2. The Labute approximate surface area is 135 Å². The van der Waals surface area contributed by atoms with Gasteiger partial charge >= 0.3 is 6.18 Å². The molecule has 0 aliphatic carbocycles. The van der Waals surface area contributed by atoms with Crippen molar-refractivity contribution < 1.29 is 13.2 Å². The van der Waals surface area contributed by atoms with E-state index >= 15 is 0 Å². The van der Waals surface area contributed by atoms with Gasteiger partial charge in [-0.25, -0.2) is 0 Å². The smallest absolute Gasteiger partial charge is 0.306 e. The number of halogens is 3. The lowest BCUT2D eigenvalue weighted by Gasteiger charge is -2.13. The fourth-order valence-electron chi connectivity index (χ4n) is 2.61. The maximum Gasteiger partial charge on any atom is 0.416 e. The summed E-state index contributed by atoms with van der Waals surface area (Å²) in [6.45, 7) is 1.80. The van der Waals surface area contributed by atoms with Crippen LogP contribution in [0.1, 0.15) is 30.3 Å². The Morgan fingerprint density at radius 3 is 2.58 bits per heavy atom. The molecule has 0 aliphatic heterocycles. The molecule has 0 fully saturated rings. The number of nitrogens with zero attached hydrogens (tertiary/aromatic N) is 4. The van der Waals surface area contributed by atoms with Gasteiger partial charge in [0.1, 0.15) is 5.82 Å². The van der Waals surface area contributed by atoms with E-state index < -0.39 is 17.3 Å². The van der Waals surface area contributed by atoms with Crippen LogP contribution in [0.5, 0.6) is 0 Å². The highest BCUT2D eigenvalue weighted by Gasteiger charge is 2.32. The molecule has 2 aromatic heterocycles. The molecule has 2 heterocycles. The molecule has 0 amide bonds. The number of rotatable bonds is 4. The van der Waals surface area contributed by atoms with Gasteiger partial charge in [-0.3, -0.25) is 9.20 Å². The number of benzene rings is 1. The number of hydrogen-bond donors (Lipinski definition) is 0. The Hall–Kier alpha value is -2.64. The summed E-state index contributed by atoms with van der Waals surface area (Å²) in [6.07, 6.45) is 0.126. The molecule has 0 atom stereocenters. The third-order valence-corrected chi connectivity index (χ3v) is 3.75. The van der Waals surface area contributed by atoms with Crippen LogP contribution in [0.3, 0.4) is 0 Å². The van der Waals surface area contributed by atoms with Crippen molar-refractivity contribution in [3.8, 4) is 0 Å². The van der Waals surface area contributed by atoms with E-state index in [0.717, 1.165) is 12.5 Å². The van der Waals surface area contributed by atoms with Crippen molar-refractivity contribution in [3.05, 3.63) is 64.0 Å². The quantitative estimate of drug-likeness (QED) is 0.736. The Kier molecular flexibility index (Phi) is 4.13. The highest BCUT2D eigenvalue weighted by atomic mass is 19.4. The van der Waals surface area contributed by atoms with Gasteiger partial charge < -0.3 is 4.57 Å². The van der Waals surface area contributed by atoms with Gasteiger partial charge in [0.05, 0.1) is 12.1 Å². The third-order valence-electron chi connectivity index (χ3n) is 3.75. The largest absolute Gasteiger partial charge is 0.416 e. The van der Waals surface area contributed by atoms with Crippen molar-refractivity contribution in [2.45, 2.75) is 32.5 Å². The normalized spacial score (nSPS) is 12.0. The molecule has 0 bridgehead atoms. The molecule has 1 aromatic carbocycles. The first-order valence-corrected chi connectivity index (χ1v) is 7.50. The van der Waals surface area contributed by atoms with E-state index in [4.69, 9.17) is 0 Å². The fourth-order valence-corrected chi connectivity index (χ4v) is 2.61. The van der Waals surface area contributed by atoms with E-state index in [0.29, 0.717) is 12.2 Å². The van der Waals surface area contributed by atoms with E-state index in [-0.39, 0.29) is 17.8 Å². The van der Waals surface area contributed by atoms with Crippen molar-refractivity contribution in [1.82, 2.24) is 19.2 Å². The van der Waals surface area contributed by atoms with Crippen molar-refractivity contribution in [2.75, 3.05) is 0 Å². The molecule has 0 aliphatic rings. The van der Waals surface area contributed by atoms with Crippen LogP contribution in [-0.4, -0.2) is 19.2 Å². The standard InChI is InChI=1S/C16H15F3N4O/c1-2-5-13-20-21-14-15(24)22(8-9-23(13)14)10-11-6-3-4-7-12(11)16(17,18)19/h3-4,6-9H,2,5,10H2,1H3. The molecule has 3 aromatic rings. The average Bonchev–Trinajstić information content (AvgIpc) is 2.94. The second-order valence-corrected chi connectivity index (χ2v) is 5.45. The Morgan fingerprint density at radius 1 is 1.12 bits per heavy atom. The van der Waals surface area contributed by atoms with Crippen molar-refractivity contribution in [3.63, 3.8) is 0 Å². The number of fused-ring (bicyclic) bond motifs is 1. The lowest BCUT2D eigenvalue weighted by Crippen LogP contribution is -2.24. The van der Waals surface area contributed by atoms with Crippen LogP contribution in [-0.2, 0) is 19.1 Å². The number of aryl methyl sites for hydroxylation is 1. The summed E-state index contributed by atoms with van der Waals surface area (Å²) in [7, 11) is 0. The minimum absolute atomic E-state index is 0.0322. The Bertz CT molecular complexity index is 927. The van der Waals surface area contributed by atoms with Gasteiger partial charge in [0.2, 0.25) is 5.65 Å². The molecule has 0 saturated carbocycles. The summed E-state index contributed by atoms with van der Waals surface area (Å²) >= 11 is 0. The fraction of sp³-hybridized carbons (Fsp3) is 0.312. The summed E-state index contributed by atoms with van der Waals surface area (Å²) in [4.78, 5) is 12.5. The minimum atomic E-state index is -4.46. The first-order valence-electron chi connectivity index (χ1n) is 7.50. The van der Waals surface area contributed by atoms with E-state index in [1.807, 2.05) is 6.92 Å². The van der Waals surface area contributed by atoms with Crippen LogP contribution in [0.4, 0.5) is 13.2 Å². The van der Waals surface area contributed by atoms with Crippen molar-refractivity contribution >= 4 is 5.65 Å². The first-order chi connectivity index (χ1) is 11.4. The molecular formula is C16H15F3N4O. The third kappa shape index (κ3) is 2.91. The molecule has 0 spiro atoms. The summed E-state index contributed by atoms with van der Waals surface area (Å²) in [5.41, 5.74) is -1.07. The Balaban J connectivity index is 2.03. The van der Waals surface area contributed by atoms with Gasteiger partial charge in [0.25, 0.3) is 5.56 Å². The van der Waals surface area contributed by atoms with Crippen LogP contribution in [0.15, 0.2) is 41.5 Å². The second-order valence-electron chi connectivity index (χ2n) is 5.45. The molecule has 0 N–H and O–H groups in total. The van der Waals surface area contributed by atoms with Crippen molar-refractivity contribution in [1.29, 1.82) is 0 Å². The second kappa shape index (κ2) is 6.10. The lowest BCUT2D eigenvalue weighted by atomic mass is 10.1. The van der Waals surface area contributed by atoms with Crippen LogP contribution < -0.4 is 5.56 Å². The average molecular weight is 336 g/mol. The number of alkyl halides is 3. The van der Waals surface area contributed by atoms with Crippen molar-refractivity contribution in [2.24, 2.45) is 0 Å². The maximum atomic E-state index is 13.1. The van der Waals surface area contributed by atoms with Gasteiger partial charge in [0, 0.05) is 18.8 Å². The van der Waals surface area contributed by atoms with Gasteiger partial charge in [0.15, 0.2) is 0 Å². The van der Waals surface area contributed by atoms with E-state index in [1.54, 1.807) is 10.6 Å². The molecule has 8 heteroatoms. The van der Waals surface area contributed by atoms with Crippen LogP contribution >= 0.6 is 0 Å². The molecule has 0 radical (unpaired) electrons. The van der Waals surface area contributed by atoms with Crippen LogP contribution in [0.2, 0.25) is 0 Å². The highest BCUT2D eigenvalue weighted by molar-refractivity contribution is 5.36. The predicted molar refractivity (Wildman–Crippen MR) is 81.8 cm³/mol. The monoisotopic (exact) mass is 336 g/mol. The van der Waals surface area contributed by atoms with Crippen LogP contribution in [0.25, 0.3) is 5.65 Å². The summed E-state index contributed by atoms with van der Waals surface area (Å²) in [6, 6.07) is 5.22. The number of hydrogen-bond acceptors (Lipinski definition) is 3. The lowest BCUT2D eigenvalue weighted by molar-refractivity contribution is -0.138. The minimum Gasteiger partial charge on any atom is -0.306 e. The van der Waals surface area contributed by atoms with Gasteiger partial charge in [-0.15, -0.1) is 10.2 Å². The SMILES string of the molecule is CCCc1nnc2c(=O)n(Cc3ccccc3C(F)(F)F)ccn12. The number of aromatic nitrogens is 4. The van der Waals surface area contributed by atoms with E-state index in [1.165, 1.54) is 29.0 Å². The molecule has 24 heavy (non-hydrogen) atoms.